The van der Waals surface area contributed by atoms with Gasteiger partial charge in [-0.15, -0.1) is 0 Å². The molecule has 3 rings (SSSR count). The highest BCUT2D eigenvalue weighted by molar-refractivity contribution is 5.69. The molecule has 1 fully saturated rings. The summed E-state index contributed by atoms with van der Waals surface area (Å²) in [4.78, 5) is 13.2. The van der Waals surface area contributed by atoms with E-state index in [1.807, 2.05) is 12.1 Å². The van der Waals surface area contributed by atoms with Crippen molar-refractivity contribution >= 4 is 5.97 Å². The van der Waals surface area contributed by atoms with E-state index in [2.05, 4.69) is 11.8 Å². The highest BCUT2D eigenvalue weighted by atomic mass is 19.1. The van der Waals surface area contributed by atoms with Gasteiger partial charge in [0.1, 0.15) is 11.6 Å². The molecular weight excluding hydrogens is 349 g/mol. The summed E-state index contributed by atoms with van der Waals surface area (Å²) < 4.78 is 24.4. The van der Waals surface area contributed by atoms with E-state index in [-0.39, 0.29) is 18.5 Å². The Labute approximate surface area is 158 Å². The van der Waals surface area contributed by atoms with Crippen molar-refractivity contribution in [1.82, 2.24) is 4.90 Å². The number of ether oxygens (including phenoxy) is 2. The van der Waals surface area contributed by atoms with Gasteiger partial charge in [0, 0.05) is 25.2 Å². The summed E-state index contributed by atoms with van der Waals surface area (Å²) in [6, 6.07) is 12.0. The highest BCUT2D eigenvalue weighted by Crippen LogP contribution is 2.28. The second-order valence-corrected chi connectivity index (χ2v) is 6.65. The summed E-state index contributed by atoms with van der Waals surface area (Å²) in [5.74, 6) is -0.733. The number of carboxylic acid groups (broad SMARTS) is 1. The maximum atomic E-state index is 13.2. The zero-order valence-corrected chi connectivity index (χ0v) is 15.4. The maximum Gasteiger partial charge on any atom is 0.341 e. The van der Waals surface area contributed by atoms with E-state index in [9.17, 15) is 9.18 Å². The maximum absolute atomic E-state index is 13.2. The molecule has 6 heteroatoms. The molecule has 0 aliphatic carbocycles. The average Bonchev–Trinajstić information content (AvgIpc) is 2.67. The van der Waals surface area contributed by atoms with E-state index < -0.39 is 5.97 Å². The number of carboxylic acids is 1. The Balaban J connectivity index is 1.85. The second kappa shape index (κ2) is 8.97. The Kier molecular flexibility index (Phi) is 6.42. The fourth-order valence-electron chi connectivity index (χ4n) is 3.22. The summed E-state index contributed by atoms with van der Waals surface area (Å²) in [6.45, 7) is 4.69. The van der Waals surface area contributed by atoms with Crippen LogP contribution < -0.4 is 4.74 Å². The van der Waals surface area contributed by atoms with Crippen LogP contribution in [-0.4, -0.2) is 48.4 Å². The van der Waals surface area contributed by atoms with Crippen LogP contribution >= 0.6 is 0 Å². The van der Waals surface area contributed by atoms with Crippen LogP contribution in [0.3, 0.4) is 0 Å². The molecule has 2 aromatic rings. The van der Waals surface area contributed by atoms with Crippen LogP contribution in [0.25, 0.3) is 11.1 Å². The second-order valence-electron chi connectivity index (χ2n) is 6.65. The number of morpholine rings is 1. The van der Waals surface area contributed by atoms with Gasteiger partial charge in [0.05, 0.1) is 12.7 Å². The molecule has 1 N–H and O–H groups in total. The molecule has 1 aliphatic heterocycles. The number of aliphatic carboxylic acids is 1. The lowest BCUT2D eigenvalue weighted by atomic mass is 10.0. The monoisotopic (exact) mass is 373 g/mol. The molecule has 2 aromatic carbocycles. The summed E-state index contributed by atoms with van der Waals surface area (Å²) in [5, 5.41) is 8.92. The summed E-state index contributed by atoms with van der Waals surface area (Å²) >= 11 is 0. The van der Waals surface area contributed by atoms with Crippen LogP contribution in [0.4, 0.5) is 4.39 Å². The Hall–Kier alpha value is -2.44. The fraction of sp³-hybridized carbons (Fsp3) is 0.381. The normalized spacial score (nSPS) is 17.6. The van der Waals surface area contributed by atoms with Gasteiger partial charge in [-0.3, -0.25) is 4.90 Å². The quantitative estimate of drug-likeness (QED) is 0.804. The van der Waals surface area contributed by atoms with Crippen LogP contribution in [0.5, 0.6) is 5.75 Å². The molecular formula is C21H24FNO4. The molecule has 27 heavy (non-hydrogen) atoms. The standard InChI is InChI=1S/C21H24FNO4/c1-2-19-13-23(9-10-26-19)12-17-11-16(15-3-6-18(22)7-4-15)5-8-20(17)27-14-21(24)25/h3-8,11,19H,2,9-10,12-14H2,1H3,(H,24,25)/t19-/m1/s1. The van der Waals surface area contributed by atoms with Gasteiger partial charge in [-0.1, -0.05) is 25.1 Å². The number of rotatable bonds is 7. The van der Waals surface area contributed by atoms with Crippen LogP contribution in [0, 0.1) is 5.82 Å². The molecule has 0 unspecified atom stereocenters. The van der Waals surface area contributed by atoms with Gasteiger partial charge in [0.2, 0.25) is 0 Å². The van der Waals surface area contributed by atoms with Gasteiger partial charge < -0.3 is 14.6 Å². The molecule has 1 saturated heterocycles. The average molecular weight is 373 g/mol. The molecule has 1 aliphatic rings. The zero-order valence-electron chi connectivity index (χ0n) is 15.4. The van der Waals surface area contributed by atoms with Crippen molar-refractivity contribution in [1.29, 1.82) is 0 Å². The summed E-state index contributed by atoms with van der Waals surface area (Å²) in [5.41, 5.74) is 2.75. The van der Waals surface area contributed by atoms with Crippen molar-refractivity contribution < 1.29 is 23.8 Å². The van der Waals surface area contributed by atoms with Gasteiger partial charge >= 0.3 is 5.97 Å². The van der Waals surface area contributed by atoms with Crippen molar-refractivity contribution in [3.8, 4) is 16.9 Å². The minimum atomic E-state index is -1.01. The van der Waals surface area contributed by atoms with Crippen molar-refractivity contribution in [2.45, 2.75) is 26.0 Å². The van der Waals surface area contributed by atoms with Crippen molar-refractivity contribution in [3.63, 3.8) is 0 Å². The van der Waals surface area contributed by atoms with Crippen molar-refractivity contribution in [2.24, 2.45) is 0 Å². The Morgan fingerprint density at radius 1 is 1.26 bits per heavy atom. The predicted octanol–water partition coefficient (Wildman–Crippen LogP) is 3.57. The van der Waals surface area contributed by atoms with Gasteiger partial charge in [0.15, 0.2) is 6.61 Å². The van der Waals surface area contributed by atoms with E-state index >= 15 is 0 Å². The zero-order chi connectivity index (χ0) is 19.2. The molecule has 0 bridgehead atoms. The number of benzene rings is 2. The predicted molar refractivity (Wildman–Crippen MR) is 100 cm³/mol. The molecule has 0 amide bonds. The molecule has 1 atom stereocenters. The number of halogens is 1. The largest absolute Gasteiger partial charge is 0.482 e. The molecule has 5 nitrogen and oxygen atoms in total. The highest BCUT2D eigenvalue weighted by Gasteiger charge is 2.20. The third-order valence-electron chi connectivity index (χ3n) is 4.66. The Morgan fingerprint density at radius 3 is 2.70 bits per heavy atom. The molecule has 144 valence electrons. The lowest BCUT2D eigenvalue weighted by molar-refractivity contribution is -0.139. The topological polar surface area (TPSA) is 59.0 Å². The lowest BCUT2D eigenvalue weighted by Crippen LogP contribution is -2.41. The van der Waals surface area contributed by atoms with Crippen molar-refractivity contribution in [2.75, 3.05) is 26.3 Å². The number of carbonyl (C=O) groups is 1. The van der Waals surface area contributed by atoms with E-state index in [1.54, 1.807) is 18.2 Å². The Bertz CT molecular complexity index is 778. The van der Waals surface area contributed by atoms with E-state index in [4.69, 9.17) is 14.6 Å². The van der Waals surface area contributed by atoms with Crippen LogP contribution in [0.2, 0.25) is 0 Å². The Morgan fingerprint density at radius 2 is 2.00 bits per heavy atom. The first-order valence-corrected chi connectivity index (χ1v) is 9.12. The minimum absolute atomic E-state index is 0.211. The van der Waals surface area contributed by atoms with Crippen LogP contribution in [0.15, 0.2) is 42.5 Å². The van der Waals surface area contributed by atoms with Crippen LogP contribution in [0.1, 0.15) is 18.9 Å². The molecule has 0 spiro atoms. The smallest absolute Gasteiger partial charge is 0.341 e. The fourth-order valence-corrected chi connectivity index (χ4v) is 3.22. The number of nitrogens with zero attached hydrogens (tertiary/aromatic N) is 1. The molecule has 0 aromatic heterocycles. The molecule has 0 radical (unpaired) electrons. The first kappa shape index (κ1) is 19.3. The van der Waals surface area contributed by atoms with Crippen LogP contribution in [-0.2, 0) is 16.1 Å². The molecule has 1 heterocycles. The first-order chi connectivity index (χ1) is 13.0. The summed E-state index contributed by atoms with van der Waals surface area (Å²) in [6.07, 6.45) is 1.16. The van der Waals surface area contributed by atoms with Gasteiger partial charge in [-0.2, -0.15) is 0 Å². The van der Waals surface area contributed by atoms with Gasteiger partial charge in [-0.05, 0) is 41.8 Å². The summed E-state index contributed by atoms with van der Waals surface area (Å²) in [7, 11) is 0. The van der Waals surface area contributed by atoms with Gasteiger partial charge in [-0.25, -0.2) is 9.18 Å². The third-order valence-corrected chi connectivity index (χ3v) is 4.66. The first-order valence-electron chi connectivity index (χ1n) is 9.12. The number of hydrogen-bond donors (Lipinski definition) is 1. The van der Waals surface area contributed by atoms with Gasteiger partial charge in [0.25, 0.3) is 0 Å². The minimum Gasteiger partial charge on any atom is -0.482 e. The SMILES string of the molecule is CC[C@@H]1CN(Cc2cc(-c3ccc(F)cc3)ccc2OCC(=O)O)CCO1. The third kappa shape index (κ3) is 5.28. The van der Waals surface area contributed by atoms with E-state index in [0.29, 0.717) is 18.9 Å². The van der Waals surface area contributed by atoms with Crippen molar-refractivity contribution in [3.05, 3.63) is 53.8 Å². The van der Waals surface area contributed by atoms with E-state index in [0.717, 1.165) is 36.2 Å². The van der Waals surface area contributed by atoms with E-state index in [1.165, 1.54) is 12.1 Å². The number of hydrogen-bond acceptors (Lipinski definition) is 4. The lowest BCUT2D eigenvalue weighted by Gasteiger charge is -2.32. The molecule has 0 saturated carbocycles.